The van der Waals surface area contributed by atoms with E-state index in [9.17, 15) is 9.59 Å². The lowest BCUT2D eigenvalue weighted by Crippen LogP contribution is -2.40. The first-order chi connectivity index (χ1) is 16.6. The highest BCUT2D eigenvalue weighted by Crippen LogP contribution is 2.28. The molecular weight excluding hydrogens is 446 g/mol. The summed E-state index contributed by atoms with van der Waals surface area (Å²) in [7, 11) is 0. The maximum atomic E-state index is 13.3. The molecule has 3 heterocycles. The number of rotatable bonds is 7. The molecule has 1 amide bonds. The summed E-state index contributed by atoms with van der Waals surface area (Å²) in [6.07, 6.45) is 3.91. The van der Waals surface area contributed by atoms with Gasteiger partial charge in [0.25, 0.3) is 5.56 Å². The first kappa shape index (κ1) is 22.7. The largest absolute Gasteiger partial charge is 0.337 e. The summed E-state index contributed by atoms with van der Waals surface area (Å²) < 4.78 is 3.66. The molecule has 0 N–H and O–H groups in total. The number of fused-ring (bicyclic) bond motifs is 4. The third-order valence-corrected chi connectivity index (χ3v) is 7.57. The molecule has 1 atom stereocenters. The number of thioether (sulfide) groups is 1. The van der Waals surface area contributed by atoms with Crippen LogP contribution in [0.5, 0.6) is 0 Å². The number of benzene rings is 2. The maximum absolute atomic E-state index is 13.3. The summed E-state index contributed by atoms with van der Waals surface area (Å²) in [4.78, 5) is 28.5. The number of para-hydroxylation sites is 1. The Morgan fingerprint density at radius 3 is 2.65 bits per heavy atom. The van der Waals surface area contributed by atoms with Crippen LogP contribution in [-0.4, -0.2) is 41.8 Å². The predicted molar refractivity (Wildman–Crippen MR) is 135 cm³/mol. The number of aryl methyl sites for hydroxylation is 1. The number of carbonyl (C=O) groups excluding carboxylic acids is 1. The van der Waals surface area contributed by atoms with Crippen LogP contribution in [0.1, 0.15) is 44.2 Å². The Balaban J connectivity index is 1.46. The van der Waals surface area contributed by atoms with Gasteiger partial charge < -0.3 is 4.90 Å². The highest BCUT2D eigenvalue weighted by molar-refractivity contribution is 8.00. The van der Waals surface area contributed by atoms with Crippen molar-refractivity contribution in [3.05, 3.63) is 70.0 Å². The van der Waals surface area contributed by atoms with Crippen LogP contribution in [0.2, 0.25) is 0 Å². The van der Waals surface area contributed by atoms with E-state index in [0.717, 1.165) is 37.7 Å². The van der Waals surface area contributed by atoms with Gasteiger partial charge in [0.05, 0.1) is 16.2 Å². The minimum atomic E-state index is -0.322. The quantitative estimate of drug-likeness (QED) is 0.294. The Morgan fingerprint density at radius 2 is 1.82 bits per heavy atom. The average molecular weight is 476 g/mol. The van der Waals surface area contributed by atoms with Gasteiger partial charge in [-0.1, -0.05) is 67.9 Å². The SMILES string of the molecule is CCCCCn1c(=O)c2ccccc2n2c(SC(C)C(=O)N3CCc4ccccc4C3)nnc12. The Bertz CT molecular complexity index is 1410. The summed E-state index contributed by atoms with van der Waals surface area (Å²) >= 11 is 1.40. The van der Waals surface area contributed by atoms with Crippen molar-refractivity contribution in [3.8, 4) is 0 Å². The smallest absolute Gasteiger partial charge is 0.262 e. The average Bonchev–Trinajstić information content (AvgIpc) is 3.28. The maximum Gasteiger partial charge on any atom is 0.262 e. The standard InChI is InChI=1S/C26H29N5O2S/c1-3-4-9-15-30-24(33)21-12-7-8-13-22(21)31-25(30)27-28-26(31)34-18(2)23(32)29-16-14-19-10-5-6-11-20(19)17-29/h5-8,10-13,18H,3-4,9,14-17H2,1-2H3. The Morgan fingerprint density at radius 1 is 1.06 bits per heavy atom. The molecule has 34 heavy (non-hydrogen) atoms. The van der Waals surface area contributed by atoms with Crippen LogP contribution in [-0.2, 0) is 24.3 Å². The number of hydrogen-bond donors (Lipinski definition) is 0. The van der Waals surface area contributed by atoms with Gasteiger partial charge >= 0.3 is 0 Å². The first-order valence-corrected chi connectivity index (χ1v) is 12.9. The third-order valence-electron chi connectivity index (χ3n) is 6.54. The van der Waals surface area contributed by atoms with E-state index in [1.807, 2.05) is 46.6 Å². The number of hydrogen-bond acceptors (Lipinski definition) is 5. The molecule has 0 aliphatic carbocycles. The lowest BCUT2D eigenvalue weighted by Gasteiger charge is -2.30. The van der Waals surface area contributed by atoms with E-state index in [2.05, 4.69) is 35.3 Å². The van der Waals surface area contributed by atoms with Crippen molar-refractivity contribution in [2.24, 2.45) is 0 Å². The lowest BCUT2D eigenvalue weighted by molar-refractivity contribution is -0.131. The van der Waals surface area contributed by atoms with Crippen molar-refractivity contribution >= 4 is 34.3 Å². The zero-order valence-corrected chi connectivity index (χ0v) is 20.4. The van der Waals surface area contributed by atoms with Crippen molar-refractivity contribution in [2.45, 2.75) is 63.0 Å². The zero-order chi connectivity index (χ0) is 23.7. The molecule has 5 rings (SSSR count). The second-order valence-electron chi connectivity index (χ2n) is 8.84. The van der Waals surface area contributed by atoms with Crippen molar-refractivity contribution in [1.82, 2.24) is 24.1 Å². The molecule has 0 spiro atoms. The van der Waals surface area contributed by atoms with Gasteiger partial charge in [-0.25, -0.2) is 0 Å². The lowest BCUT2D eigenvalue weighted by atomic mass is 10.00. The van der Waals surface area contributed by atoms with Gasteiger partial charge in [0.15, 0.2) is 5.16 Å². The number of unbranched alkanes of at least 4 members (excludes halogenated alkanes) is 2. The van der Waals surface area contributed by atoms with Gasteiger partial charge in [0.2, 0.25) is 11.7 Å². The van der Waals surface area contributed by atoms with Crippen molar-refractivity contribution in [3.63, 3.8) is 0 Å². The second kappa shape index (κ2) is 9.62. The van der Waals surface area contributed by atoms with E-state index in [4.69, 9.17) is 0 Å². The fourth-order valence-electron chi connectivity index (χ4n) is 4.68. The van der Waals surface area contributed by atoms with E-state index in [1.54, 1.807) is 4.57 Å². The van der Waals surface area contributed by atoms with Crippen molar-refractivity contribution < 1.29 is 4.79 Å². The van der Waals surface area contributed by atoms with Crippen LogP contribution in [0.15, 0.2) is 58.5 Å². The van der Waals surface area contributed by atoms with E-state index in [1.165, 1.54) is 22.9 Å². The molecule has 8 heteroatoms. The molecule has 176 valence electrons. The topological polar surface area (TPSA) is 72.5 Å². The molecule has 0 bridgehead atoms. The van der Waals surface area contributed by atoms with Crippen molar-refractivity contribution in [2.75, 3.05) is 6.54 Å². The molecule has 0 saturated carbocycles. The fraction of sp³-hybridized carbons (Fsp3) is 0.385. The molecule has 4 aromatic rings. The summed E-state index contributed by atoms with van der Waals surface area (Å²) in [5.74, 6) is 0.630. The molecule has 2 aromatic carbocycles. The summed E-state index contributed by atoms with van der Waals surface area (Å²) in [6.45, 7) is 6.03. The molecule has 1 unspecified atom stereocenters. The van der Waals surface area contributed by atoms with E-state index >= 15 is 0 Å². The molecular formula is C26H29N5O2S. The molecule has 2 aromatic heterocycles. The highest BCUT2D eigenvalue weighted by atomic mass is 32.2. The van der Waals surface area contributed by atoms with Crippen LogP contribution in [0, 0.1) is 0 Å². The van der Waals surface area contributed by atoms with Crippen LogP contribution >= 0.6 is 11.8 Å². The highest BCUT2D eigenvalue weighted by Gasteiger charge is 2.27. The Hall–Kier alpha value is -3.13. The van der Waals surface area contributed by atoms with Gasteiger partial charge in [-0.2, -0.15) is 0 Å². The minimum absolute atomic E-state index is 0.0424. The van der Waals surface area contributed by atoms with Gasteiger partial charge in [-0.05, 0) is 43.0 Å². The molecule has 0 saturated heterocycles. The van der Waals surface area contributed by atoms with Gasteiger partial charge in [0, 0.05) is 19.6 Å². The molecule has 1 aliphatic rings. The minimum Gasteiger partial charge on any atom is -0.337 e. The fourth-order valence-corrected chi connectivity index (χ4v) is 5.62. The summed E-state index contributed by atoms with van der Waals surface area (Å²) in [5.41, 5.74) is 3.27. The Labute approximate surface area is 202 Å². The van der Waals surface area contributed by atoms with E-state index in [0.29, 0.717) is 29.4 Å². The molecule has 7 nitrogen and oxygen atoms in total. The van der Waals surface area contributed by atoms with Gasteiger partial charge in [-0.15, -0.1) is 10.2 Å². The van der Waals surface area contributed by atoms with Crippen LogP contribution < -0.4 is 5.56 Å². The van der Waals surface area contributed by atoms with Crippen molar-refractivity contribution in [1.29, 1.82) is 0 Å². The monoisotopic (exact) mass is 475 g/mol. The number of amides is 1. The molecule has 1 aliphatic heterocycles. The number of aromatic nitrogens is 4. The van der Waals surface area contributed by atoms with Gasteiger partial charge in [0.1, 0.15) is 0 Å². The molecule has 0 fully saturated rings. The second-order valence-corrected chi connectivity index (χ2v) is 10.1. The summed E-state index contributed by atoms with van der Waals surface area (Å²) in [5, 5.41) is 9.77. The van der Waals surface area contributed by atoms with E-state index in [-0.39, 0.29) is 16.7 Å². The number of nitrogens with zero attached hydrogens (tertiary/aromatic N) is 5. The predicted octanol–water partition coefficient (Wildman–Crippen LogP) is 4.30. The van der Waals surface area contributed by atoms with Crippen LogP contribution in [0.4, 0.5) is 0 Å². The van der Waals surface area contributed by atoms with E-state index < -0.39 is 0 Å². The first-order valence-electron chi connectivity index (χ1n) is 12.0. The summed E-state index contributed by atoms with van der Waals surface area (Å²) in [6, 6.07) is 15.9. The molecule has 0 radical (unpaired) electrons. The van der Waals surface area contributed by atoms with Crippen LogP contribution in [0.3, 0.4) is 0 Å². The van der Waals surface area contributed by atoms with Crippen LogP contribution in [0.25, 0.3) is 16.7 Å². The zero-order valence-electron chi connectivity index (χ0n) is 19.6. The van der Waals surface area contributed by atoms with Gasteiger partial charge in [-0.3, -0.25) is 18.6 Å². The number of carbonyl (C=O) groups is 1. The Kier molecular flexibility index (Phi) is 6.41. The third kappa shape index (κ3) is 4.11. The normalized spacial score (nSPS) is 14.5.